The third kappa shape index (κ3) is 4.95. The minimum absolute atomic E-state index is 0.0224. The van der Waals surface area contributed by atoms with E-state index in [2.05, 4.69) is 21.2 Å². The first-order valence-electron chi connectivity index (χ1n) is 10.3. The van der Waals surface area contributed by atoms with Gasteiger partial charge in [0.1, 0.15) is 17.1 Å². The number of phenolic OH excluding ortho intramolecular Hbond substituents is 1. The van der Waals surface area contributed by atoms with Crippen molar-refractivity contribution in [2.45, 2.75) is 6.92 Å². The second-order valence-electron chi connectivity index (χ2n) is 7.15. The number of phenols is 1. The highest BCUT2D eigenvalue weighted by Crippen LogP contribution is 2.36. The van der Waals surface area contributed by atoms with Gasteiger partial charge in [-0.1, -0.05) is 18.2 Å². The third-order valence-electron chi connectivity index (χ3n) is 4.84. The summed E-state index contributed by atoms with van der Waals surface area (Å²) in [4.78, 5) is 27.1. The zero-order valence-electron chi connectivity index (χ0n) is 17.9. The topological polar surface area (TPSA) is 88.1 Å². The Labute approximate surface area is 209 Å². The molecule has 34 heavy (non-hydrogen) atoms. The lowest BCUT2D eigenvalue weighted by molar-refractivity contribution is -0.122. The Morgan fingerprint density at radius 2 is 1.74 bits per heavy atom. The van der Waals surface area contributed by atoms with Crippen LogP contribution in [0.1, 0.15) is 12.5 Å². The highest BCUT2D eigenvalue weighted by Gasteiger charge is 2.34. The van der Waals surface area contributed by atoms with E-state index in [-0.39, 0.29) is 22.2 Å². The first kappa shape index (κ1) is 23.5. The molecule has 9 heteroatoms. The van der Waals surface area contributed by atoms with Gasteiger partial charge in [-0.2, -0.15) is 0 Å². The SMILES string of the molecule is CCOc1cc(C=C2C(=O)NC(=S)N(c3ccc(Oc4ccccc4)cc3)C2=O)cc(Br)c1O. The monoisotopic (exact) mass is 538 g/mol. The number of carbonyl (C=O) groups is 2. The second-order valence-corrected chi connectivity index (χ2v) is 8.39. The largest absolute Gasteiger partial charge is 0.503 e. The number of nitrogens with one attached hydrogen (secondary N) is 1. The Bertz CT molecular complexity index is 1290. The molecule has 0 unspecified atom stereocenters. The van der Waals surface area contributed by atoms with Crippen LogP contribution < -0.4 is 19.7 Å². The Morgan fingerprint density at radius 3 is 2.41 bits per heavy atom. The van der Waals surface area contributed by atoms with Crippen LogP contribution in [-0.2, 0) is 9.59 Å². The van der Waals surface area contributed by atoms with E-state index in [4.69, 9.17) is 21.7 Å². The fourth-order valence-electron chi connectivity index (χ4n) is 3.29. The molecule has 0 saturated carbocycles. The van der Waals surface area contributed by atoms with Gasteiger partial charge >= 0.3 is 0 Å². The molecule has 0 radical (unpaired) electrons. The standard InChI is InChI=1S/C25H19BrN2O5S/c1-2-32-21-14-15(13-20(26)22(21)29)12-19-23(30)27-25(34)28(24(19)31)16-8-10-18(11-9-16)33-17-6-4-3-5-7-17/h3-14,29H,2H2,1H3,(H,27,30,34). The molecule has 3 aromatic rings. The smallest absolute Gasteiger partial charge is 0.270 e. The number of hydrogen-bond acceptors (Lipinski definition) is 6. The molecule has 1 aliphatic heterocycles. The molecule has 2 amide bonds. The van der Waals surface area contributed by atoms with Gasteiger partial charge in [0.05, 0.1) is 16.8 Å². The highest BCUT2D eigenvalue weighted by molar-refractivity contribution is 9.10. The number of nitrogens with zero attached hydrogens (tertiary/aromatic N) is 1. The molecule has 1 saturated heterocycles. The number of halogens is 1. The number of anilines is 1. The number of ether oxygens (including phenoxy) is 2. The van der Waals surface area contributed by atoms with Gasteiger partial charge in [0.25, 0.3) is 11.8 Å². The second kappa shape index (κ2) is 10.1. The lowest BCUT2D eigenvalue weighted by Gasteiger charge is -2.29. The van der Waals surface area contributed by atoms with E-state index < -0.39 is 11.8 Å². The molecule has 7 nitrogen and oxygen atoms in total. The van der Waals surface area contributed by atoms with E-state index >= 15 is 0 Å². The lowest BCUT2D eigenvalue weighted by Crippen LogP contribution is -2.54. The predicted molar refractivity (Wildman–Crippen MR) is 136 cm³/mol. The van der Waals surface area contributed by atoms with Crippen LogP contribution >= 0.6 is 28.1 Å². The maximum Gasteiger partial charge on any atom is 0.270 e. The summed E-state index contributed by atoms with van der Waals surface area (Å²) < 4.78 is 11.6. The van der Waals surface area contributed by atoms with Crippen LogP contribution in [0, 0.1) is 0 Å². The quantitative estimate of drug-likeness (QED) is 0.255. The fourth-order valence-corrected chi connectivity index (χ4v) is 4.03. The Hall–Kier alpha value is -3.69. The third-order valence-corrected chi connectivity index (χ3v) is 5.73. The summed E-state index contributed by atoms with van der Waals surface area (Å²) in [6.07, 6.45) is 1.42. The minimum Gasteiger partial charge on any atom is -0.503 e. The molecule has 3 aromatic carbocycles. The number of thiocarbonyl (C=S) groups is 1. The van der Waals surface area contributed by atoms with Gasteiger partial charge in [-0.05, 0) is 95.2 Å². The van der Waals surface area contributed by atoms with Gasteiger partial charge in [-0.15, -0.1) is 0 Å². The maximum absolute atomic E-state index is 13.3. The van der Waals surface area contributed by atoms with Crippen LogP contribution in [0.3, 0.4) is 0 Å². The van der Waals surface area contributed by atoms with E-state index in [1.54, 1.807) is 43.3 Å². The summed E-state index contributed by atoms with van der Waals surface area (Å²) in [5.74, 6) is 0.245. The predicted octanol–water partition coefficient (Wildman–Crippen LogP) is 5.18. The molecule has 0 bridgehead atoms. The van der Waals surface area contributed by atoms with E-state index in [0.29, 0.717) is 33.8 Å². The van der Waals surface area contributed by atoms with Crippen molar-refractivity contribution in [3.63, 3.8) is 0 Å². The van der Waals surface area contributed by atoms with Crippen molar-refractivity contribution in [1.29, 1.82) is 0 Å². The number of carbonyl (C=O) groups excluding carboxylic acids is 2. The number of amides is 2. The number of rotatable bonds is 6. The van der Waals surface area contributed by atoms with Gasteiger partial charge in [0.2, 0.25) is 0 Å². The van der Waals surface area contributed by atoms with Crippen LogP contribution in [0.2, 0.25) is 0 Å². The van der Waals surface area contributed by atoms with Crippen LogP contribution in [0.15, 0.2) is 76.8 Å². The Kier molecular flexibility index (Phi) is 6.95. The number of benzene rings is 3. The summed E-state index contributed by atoms with van der Waals surface area (Å²) in [5.41, 5.74) is 0.854. The Morgan fingerprint density at radius 1 is 1.06 bits per heavy atom. The van der Waals surface area contributed by atoms with E-state index in [9.17, 15) is 14.7 Å². The summed E-state index contributed by atoms with van der Waals surface area (Å²) in [6, 6.07) is 19.2. The van der Waals surface area contributed by atoms with Crippen LogP contribution in [0.5, 0.6) is 23.0 Å². The number of aromatic hydroxyl groups is 1. The van der Waals surface area contributed by atoms with Crippen LogP contribution in [0.4, 0.5) is 5.69 Å². The zero-order valence-corrected chi connectivity index (χ0v) is 20.4. The Balaban J connectivity index is 1.62. The van der Waals surface area contributed by atoms with Crippen LogP contribution in [-0.4, -0.2) is 28.6 Å². The summed E-state index contributed by atoms with van der Waals surface area (Å²) in [7, 11) is 0. The van der Waals surface area contributed by atoms with Crippen molar-refractivity contribution < 1.29 is 24.2 Å². The summed E-state index contributed by atoms with van der Waals surface area (Å²) >= 11 is 8.53. The van der Waals surface area contributed by atoms with Crippen molar-refractivity contribution in [3.8, 4) is 23.0 Å². The highest BCUT2D eigenvalue weighted by atomic mass is 79.9. The van der Waals surface area contributed by atoms with Gasteiger partial charge in [-0.25, -0.2) is 0 Å². The summed E-state index contributed by atoms with van der Waals surface area (Å²) in [6.45, 7) is 2.12. The minimum atomic E-state index is -0.613. The van der Waals surface area contributed by atoms with Gasteiger partial charge in [-0.3, -0.25) is 19.8 Å². The molecular formula is C25H19BrN2O5S. The fraction of sp³-hybridized carbons (Fsp3) is 0.0800. The molecule has 0 spiro atoms. The molecule has 172 valence electrons. The molecule has 1 fully saturated rings. The molecule has 0 aliphatic carbocycles. The van der Waals surface area contributed by atoms with E-state index in [1.807, 2.05) is 30.3 Å². The molecule has 0 atom stereocenters. The first-order chi connectivity index (χ1) is 16.4. The van der Waals surface area contributed by atoms with Gasteiger partial charge < -0.3 is 14.6 Å². The van der Waals surface area contributed by atoms with Gasteiger partial charge in [0.15, 0.2) is 16.6 Å². The van der Waals surface area contributed by atoms with E-state index in [0.717, 1.165) is 0 Å². The molecule has 4 rings (SSSR count). The van der Waals surface area contributed by atoms with E-state index in [1.165, 1.54) is 11.0 Å². The molecular weight excluding hydrogens is 520 g/mol. The van der Waals surface area contributed by atoms with Crippen molar-refractivity contribution in [3.05, 3.63) is 82.3 Å². The summed E-state index contributed by atoms with van der Waals surface area (Å²) in [5, 5.41) is 12.7. The molecule has 1 heterocycles. The van der Waals surface area contributed by atoms with Gasteiger partial charge in [0, 0.05) is 0 Å². The van der Waals surface area contributed by atoms with Crippen LogP contribution in [0.25, 0.3) is 6.08 Å². The lowest BCUT2D eigenvalue weighted by atomic mass is 10.1. The average molecular weight is 539 g/mol. The van der Waals surface area contributed by atoms with Crippen molar-refractivity contribution >= 4 is 56.8 Å². The zero-order chi connectivity index (χ0) is 24.2. The average Bonchev–Trinajstić information content (AvgIpc) is 2.81. The number of hydrogen-bond donors (Lipinski definition) is 2. The van der Waals surface area contributed by atoms with Crippen molar-refractivity contribution in [2.75, 3.05) is 11.5 Å². The molecule has 2 N–H and O–H groups in total. The van der Waals surface area contributed by atoms with Crippen molar-refractivity contribution in [1.82, 2.24) is 5.32 Å². The first-order valence-corrected chi connectivity index (χ1v) is 11.5. The molecule has 1 aliphatic rings. The van der Waals surface area contributed by atoms with Crippen molar-refractivity contribution in [2.24, 2.45) is 0 Å². The maximum atomic E-state index is 13.3. The number of para-hydroxylation sites is 1. The molecule has 0 aromatic heterocycles. The normalized spacial score (nSPS) is 14.8.